The summed E-state index contributed by atoms with van der Waals surface area (Å²) in [6.07, 6.45) is 0. The maximum Gasteiger partial charge on any atom is 0.204 e. The Balaban J connectivity index is 2.15. The van der Waals surface area contributed by atoms with Crippen molar-refractivity contribution in [2.75, 3.05) is 21.3 Å². The first-order valence-corrected chi connectivity index (χ1v) is 9.79. The summed E-state index contributed by atoms with van der Waals surface area (Å²) in [7, 11) is 4.43. The number of hydrogen-bond acceptors (Lipinski definition) is 5. The number of carbonyl (C=O) groups excluding carboxylic acids is 1. The van der Waals surface area contributed by atoms with Gasteiger partial charge in [0, 0.05) is 0 Å². The quantitative estimate of drug-likeness (QED) is 0.422. The summed E-state index contributed by atoms with van der Waals surface area (Å²) in [5.41, 5.74) is 1.82. The van der Waals surface area contributed by atoms with Crippen molar-refractivity contribution >= 4 is 17.4 Å². The normalized spacial score (nSPS) is 10.5. The van der Waals surface area contributed by atoms with Crippen LogP contribution in [0.3, 0.4) is 0 Å². The number of methoxy groups -OCH3 is 3. The van der Waals surface area contributed by atoms with Gasteiger partial charge in [-0.25, -0.2) is 4.39 Å². The van der Waals surface area contributed by atoms with Crippen LogP contribution in [0, 0.1) is 12.7 Å². The minimum atomic E-state index is -0.380. The Kier molecular flexibility index (Phi) is 7.02. The fraction of sp³-hybridized carbons (Fsp3) is 0.208. The SMILES string of the molecule is COc1cc(C)c(C(=O)c2c(Cl)cccc2OC)c(OCc2ccc(F)cc2)c1OC. The van der Waals surface area contributed by atoms with Crippen molar-refractivity contribution < 1.29 is 28.1 Å². The number of halogens is 2. The van der Waals surface area contributed by atoms with Crippen LogP contribution in [-0.4, -0.2) is 27.1 Å². The number of ketones is 1. The van der Waals surface area contributed by atoms with Crippen molar-refractivity contribution in [2.45, 2.75) is 13.5 Å². The van der Waals surface area contributed by atoms with Crippen molar-refractivity contribution in [2.24, 2.45) is 0 Å². The van der Waals surface area contributed by atoms with Gasteiger partial charge in [0.1, 0.15) is 18.2 Å². The van der Waals surface area contributed by atoms with E-state index in [0.29, 0.717) is 17.1 Å². The molecule has 0 amide bonds. The van der Waals surface area contributed by atoms with E-state index >= 15 is 0 Å². The summed E-state index contributed by atoms with van der Waals surface area (Å²) in [5.74, 6) is 0.503. The average molecular weight is 445 g/mol. The molecule has 0 aliphatic rings. The molecule has 0 N–H and O–H groups in total. The Hall–Kier alpha value is -3.25. The van der Waals surface area contributed by atoms with E-state index in [4.69, 9.17) is 30.5 Å². The molecule has 0 heterocycles. The lowest BCUT2D eigenvalue weighted by Gasteiger charge is -2.20. The van der Waals surface area contributed by atoms with Gasteiger partial charge in [-0.1, -0.05) is 29.8 Å². The highest BCUT2D eigenvalue weighted by Gasteiger charge is 2.28. The molecular formula is C24H22ClFO5. The predicted molar refractivity (Wildman–Crippen MR) is 116 cm³/mol. The number of benzene rings is 3. The summed E-state index contributed by atoms with van der Waals surface area (Å²) in [6, 6.07) is 12.6. The zero-order chi connectivity index (χ0) is 22.5. The lowest BCUT2D eigenvalue weighted by atomic mass is 9.96. The monoisotopic (exact) mass is 444 g/mol. The van der Waals surface area contributed by atoms with Gasteiger partial charge in [0.2, 0.25) is 11.5 Å². The van der Waals surface area contributed by atoms with Gasteiger partial charge < -0.3 is 18.9 Å². The summed E-state index contributed by atoms with van der Waals surface area (Å²) in [5, 5.41) is 0.253. The minimum Gasteiger partial charge on any atom is -0.496 e. The van der Waals surface area contributed by atoms with E-state index in [0.717, 1.165) is 5.56 Å². The third-order valence-electron chi connectivity index (χ3n) is 4.77. The van der Waals surface area contributed by atoms with Crippen molar-refractivity contribution in [3.63, 3.8) is 0 Å². The van der Waals surface area contributed by atoms with Crippen molar-refractivity contribution in [3.8, 4) is 23.0 Å². The average Bonchev–Trinajstić information content (AvgIpc) is 2.77. The van der Waals surface area contributed by atoms with Gasteiger partial charge in [-0.3, -0.25) is 4.79 Å². The third kappa shape index (κ3) is 4.59. The summed E-state index contributed by atoms with van der Waals surface area (Å²) in [4.78, 5) is 13.6. The molecule has 31 heavy (non-hydrogen) atoms. The van der Waals surface area contributed by atoms with Crippen LogP contribution in [0.15, 0.2) is 48.5 Å². The molecule has 7 heteroatoms. The smallest absolute Gasteiger partial charge is 0.204 e. The molecule has 0 spiro atoms. The molecular weight excluding hydrogens is 423 g/mol. The van der Waals surface area contributed by atoms with Crippen LogP contribution >= 0.6 is 11.6 Å². The second kappa shape index (κ2) is 9.71. The lowest BCUT2D eigenvalue weighted by Crippen LogP contribution is -2.12. The van der Waals surface area contributed by atoms with Gasteiger partial charge in [-0.05, 0) is 48.4 Å². The van der Waals surface area contributed by atoms with E-state index in [1.165, 1.54) is 33.5 Å². The van der Waals surface area contributed by atoms with Gasteiger partial charge in [0.05, 0.1) is 37.5 Å². The Morgan fingerprint density at radius 1 is 0.903 bits per heavy atom. The molecule has 0 bridgehead atoms. The number of aryl methyl sites for hydroxylation is 1. The first kappa shape index (κ1) is 22.4. The first-order valence-electron chi connectivity index (χ1n) is 9.41. The fourth-order valence-electron chi connectivity index (χ4n) is 3.26. The fourth-order valence-corrected chi connectivity index (χ4v) is 3.51. The van der Waals surface area contributed by atoms with Gasteiger partial charge in [0.15, 0.2) is 11.5 Å². The molecule has 0 atom stereocenters. The largest absolute Gasteiger partial charge is 0.496 e. The minimum absolute atomic E-state index is 0.0865. The molecule has 0 aliphatic heterocycles. The van der Waals surface area contributed by atoms with Crippen LogP contribution in [-0.2, 0) is 6.61 Å². The second-order valence-corrected chi connectivity index (χ2v) is 7.10. The molecule has 0 radical (unpaired) electrons. The summed E-state index contributed by atoms with van der Waals surface area (Å²) >= 11 is 6.34. The second-order valence-electron chi connectivity index (χ2n) is 6.69. The standard InChI is InChI=1S/C24H22ClFO5/c1-14-12-19(29-3)23(30-4)24(31-13-15-8-10-16(26)11-9-15)20(14)22(27)21-17(25)6-5-7-18(21)28-2/h5-12H,13H2,1-4H3. The Morgan fingerprint density at radius 3 is 2.19 bits per heavy atom. The van der Waals surface area contributed by atoms with E-state index in [-0.39, 0.29) is 45.9 Å². The van der Waals surface area contributed by atoms with Crippen LogP contribution < -0.4 is 18.9 Å². The van der Waals surface area contributed by atoms with Crippen LogP contribution in [0.1, 0.15) is 27.0 Å². The maximum absolute atomic E-state index is 13.6. The van der Waals surface area contributed by atoms with Crippen LogP contribution in [0.5, 0.6) is 23.0 Å². The molecule has 5 nitrogen and oxygen atoms in total. The molecule has 0 unspecified atom stereocenters. The Bertz CT molecular complexity index is 1100. The molecule has 0 aliphatic carbocycles. The number of rotatable bonds is 8. The van der Waals surface area contributed by atoms with Crippen molar-refractivity contribution in [3.05, 3.63) is 81.6 Å². The van der Waals surface area contributed by atoms with E-state index < -0.39 is 0 Å². The van der Waals surface area contributed by atoms with E-state index in [2.05, 4.69) is 0 Å². The lowest BCUT2D eigenvalue weighted by molar-refractivity contribution is 0.103. The molecule has 3 rings (SSSR count). The maximum atomic E-state index is 13.6. The highest BCUT2D eigenvalue weighted by atomic mass is 35.5. The number of ether oxygens (including phenoxy) is 4. The van der Waals surface area contributed by atoms with E-state index in [1.807, 2.05) is 0 Å². The van der Waals surface area contributed by atoms with Crippen LogP contribution in [0.4, 0.5) is 4.39 Å². The predicted octanol–water partition coefficient (Wildman–Crippen LogP) is 5.62. The van der Waals surface area contributed by atoms with Crippen LogP contribution in [0.25, 0.3) is 0 Å². The Labute approximate surface area is 185 Å². The molecule has 0 saturated heterocycles. The first-order chi connectivity index (χ1) is 14.9. The topological polar surface area (TPSA) is 54.0 Å². The van der Waals surface area contributed by atoms with E-state index in [9.17, 15) is 9.18 Å². The summed E-state index contributed by atoms with van der Waals surface area (Å²) in [6.45, 7) is 1.85. The van der Waals surface area contributed by atoms with Crippen LogP contribution in [0.2, 0.25) is 5.02 Å². The Morgan fingerprint density at radius 2 is 1.58 bits per heavy atom. The summed E-state index contributed by atoms with van der Waals surface area (Å²) < 4.78 is 35.6. The van der Waals surface area contributed by atoms with Gasteiger partial charge in [-0.15, -0.1) is 0 Å². The zero-order valence-corrected chi connectivity index (χ0v) is 18.4. The molecule has 0 aromatic heterocycles. The zero-order valence-electron chi connectivity index (χ0n) is 17.6. The molecule has 3 aromatic carbocycles. The highest BCUT2D eigenvalue weighted by Crippen LogP contribution is 2.44. The number of carbonyl (C=O) groups is 1. The van der Waals surface area contributed by atoms with Gasteiger partial charge >= 0.3 is 0 Å². The molecule has 0 saturated carbocycles. The highest BCUT2D eigenvalue weighted by molar-refractivity contribution is 6.35. The van der Waals surface area contributed by atoms with Gasteiger partial charge in [-0.2, -0.15) is 0 Å². The van der Waals surface area contributed by atoms with Gasteiger partial charge in [0.25, 0.3) is 0 Å². The van der Waals surface area contributed by atoms with Crippen molar-refractivity contribution in [1.82, 2.24) is 0 Å². The third-order valence-corrected chi connectivity index (χ3v) is 5.08. The van der Waals surface area contributed by atoms with E-state index in [1.54, 1.807) is 43.3 Å². The molecule has 3 aromatic rings. The molecule has 0 fully saturated rings. The number of hydrogen-bond donors (Lipinski definition) is 0. The van der Waals surface area contributed by atoms with Crippen molar-refractivity contribution in [1.29, 1.82) is 0 Å². The molecule has 162 valence electrons.